The van der Waals surface area contributed by atoms with Gasteiger partial charge in [0.05, 0.1) is 5.69 Å². The number of imidazole rings is 1. The Morgan fingerprint density at radius 1 is 1.58 bits per heavy atom. The van der Waals surface area contributed by atoms with Crippen LogP contribution in [0.4, 0.5) is 5.82 Å². The lowest BCUT2D eigenvalue weighted by atomic mass is 10.5. The molecular weight excluding hydrogens is 176 g/mol. The molecule has 2 N–H and O–H groups in total. The van der Waals surface area contributed by atoms with Gasteiger partial charge in [0.15, 0.2) is 10.8 Å². The van der Waals surface area contributed by atoms with Crippen LogP contribution >= 0.6 is 11.6 Å². The van der Waals surface area contributed by atoms with Crippen molar-refractivity contribution in [3.05, 3.63) is 23.2 Å². The van der Waals surface area contributed by atoms with Crippen LogP contribution in [0.1, 0.15) is 5.69 Å². The summed E-state index contributed by atoms with van der Waals surface area (Å²) in [7, 11) is 0. The number of hydrogen-bond donors (Lipinski definition) is 1. The SMILES string of the molecule is Cc1nc2c(Cl)nccn2c1N. The third kappa shape index (κ3) is 0.848. The van der Waals surface area contributed by atoms with Crippen LogP contribution in [0, 0.1) is 6.92 Å². The fraction of sp³-hybridized carbons (Fsp3) is 0.143. The second-order valence-corrected chi connectivity index (χ2v) is 2.85. The van der Waals surface area contributed by atoms with Crippen LogP contribution in [0.2, 0.25) is 5.15 Å². The van der Waals surface area contributed by atoms with Crippen LogP contribution in [-0.2, 0) is 0 Å². The Balaban J connectivity index is 2.95. The largest absolute Gasteiger partial charge is 0.383 e. The van der Waals surface area contributed by atoms with Gasteiger partial charge >= 0.3 is 0 Å². The average Bonchev–Trinajstić information content (AvgIpc) is 2.32. The maximum absolute atomic E-state index is 5.79. The van der Waals surface area contributed by atoms with Gasteiger partial charge in [0.25, 0.3) is 0 Å². The van der Waals surface area contributed by atoms with E-state index in [1.54, 1.807) is 16.8 Å². The summed E-state index contributed by atoms with van der Waals surface area (Å²) in [4.78, 5) is 8.04. The average molecular weight is 183 g/mol. The van der Waals surface area contributed by atoms with E-state index in [4.69, 9.17) is 17.3 Å². The molecule has 0 bridgehead atoms. The number of nitrogen functional groups attached to an aromatic ring is 1. The molecule has 0 spiro atoms. The van der Waals surface area contributed by atoms with Crippen LogP contribution in [-0.4, -0.2) is 14.4 Å². The van der Waals surface area contributed by atoms with Gasteiger partial charge in [0.2, 0.25) is 0 Å². The minimum absolute atomic E-state index is 0.373. The van der Waals surface area contributed by atoms with E-state index in [0.29, 0.717) is 16.6 Å². The van der Waals surface area contributed by atoms with Crippen molar-refractivity contribution in [3.8, 4) is 0 Å². The Kier molecular flexibility index (Phi) is 1.44. The van der Waals surface area contributed by atoms with Crippen molar-refractivity contribution in [2.45, 2.75) is 6.92 Å². The summed E-state index contributed by atoms with van der Waals surface area (Å²) in [6.07, 6.45) is 3.32. The summed E-state index contributed by atoms with van der Waals surface area (Å²) in [5, 5.41) is 0.373. The van der Waals surface area contributed by atoms with Crippen LogP contribution in [0.25, 0.3) is 5.65 Å². The van der Waals surface area contributed by atoms with Crippen molar-refractivity contribution in [3.63, 3.8) is 0 Å². The number of fused-ring (bicyclic) bond motifs is 1. The molecule has 0 atom stereocenters. The van der Waals surface area contributed by atoms with E-state index in [0.717, 1.165) is 5.69 Å². The molecule has 0 aliphatic heterocycles. The van der Waals surface area contributed by atoms with Crippen LogP contribution in [0.15, 0.2) is 12.4 Å². The Morgan fingerprint density at radius 2 is 2.33 bits per heavy atom. The normalized spacial score (nSPS) is 10.8. The summed E-state index contributed by atoms with van der Waals surface area (Å²) in [6, 6.07) is 0. The molecule has 0 aliphatic carbocycles. The minimum atomic E-state index is 0.373. The minimum Gasteiger partial charge on any atom is -0.383 e. The number of nitrogens with two attached hydrogens (primary N) is 1. The van der Waals surface area contributed by atoms with Gasteiger partial charge in [-0.1, -0.05) is 11.6 Å². The predicted octanol–water partition coefficient (Wildman–Crippen LogP) is 1.27. The Bertz CT molecular complexity index is 434. The Hall–Kier alpha value is -1.29. The second-order valence-electron chi connectivity index (χ2n) is 2.49. The van der Waals surface area contributed by atoms with Gasteiger partial charge in [-0.05, 0) is 6.92 Å². The van der Waals surface area contributed by atoms with E-state index in [1.165, 1.54) is 0 Å². The molecular formula is C7H7ClN4. The standard InChI is InChI=1S/C7H7ClN4/c1-4-6(9)12-3-2-10-5(8)7(12)11-4/h2-3H,9H2,1H3. The van der Waals surface area contributed by atoms with Gasteiger partial charge in [0.1, 0.15) is 5.82 Å². The third-order valence-electron chi connectivity index (χ3n) is 1.72. The molecule has 0 fully saturated rings. The highest BCUT2D eigenvalue weighted by Crippen LogP contribution is 2.18. The molecule has 0 saturated carbocycles. The first-order valence-electron chi connectivity index (χ1n) is 3.45. The summed E-state index contributed by atoms with van der Waals surface area (Å²) in [5.41, 5.74) is 7.10. The van der Waals surface area contributed by atoms with Crippen LogP contribution in [0.5, 0.6) is 0 Å². The number of rotatable bonds is 0. The number of halogens is 1. The lowest BCUT2D eigenvalue weighted by Gasteiger charge is -1.95. The molecule has 62 valence electrons. The first-order chi connectivity index (χ1) is 5.70. The predicted molar refractivity (Wildman–Crippen MR) is 47.1 cm³/mol. The molecule has 0 radical (unpaired) electrons. The van der Waals surface area contributed by atoms with Gasteiger partial charge in [-0.2, -0.15) is 0 Å². The number of hydrogen-bond acceptors (Lipinski definition) is 3. The first kappa shape index (κ1) is 7.36. The number of anilines is 1. The fourth-order valence-electron chi connectivity index (χ4n) is 1.08. The van der Waals surface area contributed by atoms with E-state index < -0.39 is 0 Å². The Morgan fingerprint density at radius 3 is 3.00 bits per heavy atom. The summed E-state index contributed by atoms with van der Waals surface area (Å²) < 4.78 is 1.71. The van der Waals surface area contributed by atoms with Gasteiger partial charge in [0, 0.05) is 12.4 Å². The number of aromatic nitrogens is 3. The van der Waals surface area contributed by atoms with Gasteiger partial charge < -0.3 is 5.73 Å². The van der Waals surface area contributed by atoms with Crippen molar-refractivity contribution in [1.29, 1.82) is 0 Å². The molecule has 0 aromatic carbocycles. The summed E-state index contributed by atoms with van der Waals surface area (Å²) in [6.45, 7) is 1.83. The molecule has 0 amide bonds. The van der Waals surface area contributed by atoms with Gasteiger partial charge in [-0.3, -0.25) is 4.40 Å². The third-order valence-corrected chi connectivity index (χ3v) is 1.99. The molecule has 2 heterocycles. The molecule has 5 heteroatoms. The summed E-state index contributed by atoms with van der Waals surface area (Å²) >= 11 is 5.79. The van der Waals surface area contributed by atoms with Crippen molar-refractivity contribution in [2.24, 2.45) is 0 Å². The maximum atomic E-state index is 5.79. The van der Waals surface area contributed by atoms with E-state index >= 15 is 0 Å². The fourth-order valence-corrected chi connectivity index (χ4v) is 1.27. The monoisotopic (exact) mass is 182 g/mol. The zero-order chi connectivity index (χ0) is 8.72. The van der Waals surface area contributed by atoms with E-state index in [1.807, 2.05) is 6.92 Å². The molecule has 2 aromatic rings. The van der Waals surface area contributed by atoms with Crippen molar-refractivity contribution in [2.75, 3.05) is 5.73 Å². The highest BCUT2D eigenvalue weighted by Gasteiger charge is 2.07. The van der Waals surface area contributed by atoms with Gasteiger partial charge in [-0.15, -0.1) is 0 Å². The quantitative estimate of drug-likeness (QED) is 0.668. The smallest absolute Gasteiger partial charge is 0.176 e. The van der Waals surface area contributed by atoms with Gasteiger partial charge in [-0.25, -0.2) is 9.97 Å². The zero-order valence-electron chi connectivity index (χ0n) is 6.45. The van der Waals surface area contributed by atoms with Crippen LogP contribution in [0.3, 0.4) is 0 Å². The van der Waals surface area contributed by atoms with Crippen molar-refractivity contribution < 1.29 is 0 Å². The van der Waals surface area contributed by atoms with E-state index in [-0.39, 0.29) is 0 Å². The topological polar surface area (TPSA) is 56.2 Å². The summed E-state index contributed by atoms with van der Waals surface area (Å²) in [5.74, 6) is 0.606. The highest BCUT2D eigenvalue weighted by molar-refractivity contribution is 6.32. The molecule has 0 aliphatic rings. The lowest BCUT2D eigenvalue weighted by molar-refractivity contribution is 1.13. The van der Waals surface area contributed by atoms with Crippen LogP contribution < -0.4 is 5.73 Å². The molecule has 2 rings (SSSR count). The zero-order valence-corrected chi connectivity index (χ0v) is 7.21. The van der Waals surface area contributed by atoms with E-state index in [9.17, 15) is 0 Å². The lowest BCUT2D eigenvalue weighted by Crippen LogP contribution is -1.94. The first-order valence-corrected chi connectivity index (χ1v) is 3.82. The molecule has 4 nitrogen and oxygen atoms in total. The highest BCUT2D eigenvalue weighted by atomic mass is 35.5. The van der Waals surface area contributed by atoms with Crippen molar-refractivity contribution in [1.82, 2.24) is 14.4 Å². The van der Waals surface area contributed by atoms with Crippen molar-refractivity contribution >= 4 is 23.1 Å². The number of nitrogens with zero attached hydrogens (tertiary/aromatic N) is 3. The molecule has 0 saturated heterocycles. The maximum Gasteiger partial charge on any atom is 0.176 e. The van der Waals surface area contributed by atoms with E-state index in [2.05, 4.69) is 9.97 Å². The molecule has 0 unspecified atom stereocenters. The number of aryl methyl sites for hydroxylation is 1. The molecule has 12 heavy (non-hydrogen) atoms. The second kappa shape index (κ2) is 2.35. The Labute approximate surface area is 74.0 Å². The molecule has 2 aromatic heterocycles.